The minimum atomic E-state index is -2.16. The van der Waals surface area contributed by atoms with E-state index in [-0.39, 0.29) is 25.7 Å². The van der Waals surface area contributed by atoms with Crippen LogP contribution in [0.25, 0.3) is 0 Å². The zero-order valence-electron chi connectivity index (χ0n) is 24.5. The molecule has 4 aliphatic rings. The van der Waals surface area contributed by atoms with Crippen LogP contribution in [-0.2, 0) is 30.2 Å². The molecule has 0 radical (unpaired) electrons. The van der Waals surface area contributed by atoms with E-state index in [1.807, 2.05) is 42.5 Å². The highest BCUT2D eigenvalue weighted by atomic mass is 16.7. The third kappa shape index (κ3) is 5.45. The van der Waals surface area contributed by atoms with Crippen LogP contribution in [0.2, 0.25) is 0 Å². The van der Waals surface area contributed by atoms with Crippen LogP contribution in [0.1, 0.15) is 42.7 Å². The van der Waals surface area contributed by atoms with Crippen molar-refractivity contribution in [3.63, 3.8) is 0 Å². The topological polar surface area (TPSA) is 113 Å². The molecule has 3 heterocycles. The van der Waals surface area contributed by atoms with Gasteiger partial charge in [0.2, 0.25) is 6.79 Å². The Labute approximate surface area is 250 Å². The number of carbonyl (C=O) groups is 2. The summed E-state index contributed by atoms with van der Waals surface area (Å²) in [5.41, 5.74) is -0.488. The average molecular weight is 592 g/mol. The highest BCUT2D eigenvalue weighted by Gasteiger charge is 2.59. The van der Waals surface area contributed by atoms with E-state index in [9.17, 15) is 14.7 Å². The maximum atomic E-state index is 13.9. The fourth-order valence-electron chi connectivity index (χ4n) is 6.87. The molecule has 1 unspecified atom stereocenters. The second kappa shape index (κ2) is 11.9. The van der Waals surface area contributed by atoms with Gasteiger partial charge in [0.25, 0.3) is 0 Å². The SMILES string of the molecule is COC(=O)CC(O)(C/C=C/COc1ccccc1)C(=O)O[C@@H]1C(OC)=C[C@]23CCCN2CCc2cc4c(cc2[C@H]13)OCO4. The molecule has 0 bridgehead atoms. The fraction of sp³-hybridized carbons (Fsp3) is 0.455. The second-order valence-electron chi connectivity index (χ2n) is 11.4. The molecule has 0 aromatic heterocycles. The standard InChI is InChI=1S/C33H37NO9/c1-38-27-19-32-12-8-14-34(32)15-11-22-17-25-26(42-21-41-25)18-24(22)29(32)30(27)43-31(36)33(37,20-28(35)39-2)13-6-7-16-40-23-9-4-3-5-10-23/h3-7,9-10,17-19,29-30,37H,8,11-16,20-21H2,1-2H3/b7-6+/t29-,30-,32+,33?/m1/s1. The van der Waals surface area contributed by atoms with Crippen molar-refractivity contribution >= 4 is 11.9 Å². The number of para-hydroxylation sites is 1. The molecule has 1 fully saturated rings. The number of esters is 2. The minimum absolute atomic E-state index is 0.157. The van der Waals surface area contributed by atoms with Crippen LogP contribution in [-0.4, -0.2) is 79.9 Å². The highest BCUT2D eigenvalue weighted by molar-refractivity contribution is 5.86. The quantitative estimate of drug-likeness (QED) is 0.324. The summed E-state index contributed by atoms with van der Waals surface area (Å²) in [7, 11) is 2.77. The van der Waals surface area contributed by atoms with Gasteiger partial charge >= 0.3 is 11.9 Å². The number of aliphatic hydroxyl groups is 1. The van der Waals surface area contributed by atoms with E-state index in [2.05, 4.69) is 11.0 Å². The predicted molar refractivity (Wildman–Crippen MR) is 155 cm³/mol. The van der Waals surface area contributed by atoms with E-state index in [0.717, 1.165) is 43.5 Å². The van der Waals surface area contributed by atoms with Crippen molar-refractivity contribution in [3.05, 3.63) is 77.6 Å². The molecule has 4 atom stereocenters. The summed E-state index contributed by atoms with van der Waals surface area (Å²) in [4.78, 5) is 28.7. The van der Waals surface area contributed by atoms with Crippen LogP contribution in [0.3, 0.4) is 0 Å². The number of ether oxygens (including phenoxy) is 6. The Morgan fingerprint density at radius 3 is 2.67 bits per heavy atom. The van der Waals surface area contributed by atoms with Crippen LogP contribution < -0.4 is 14.2 Å². The van der Waals surface area contributed by atoms with E-state index in [0.29, 0.717) is 23.0 Å². The van der Waals surface area contributed by atoms with Crippen LogP contribution >= 0.6 is 0 Å². The van der Waals surface area contributed by atoms with E-state index >= 15 is 0 Å². The second-order valence-corrected chi connectivity index (χ2v) is 11.4. The van der Waals surface area contributed by atoms with Gasteiger partial charge in [-0.25, -0.2) is 4.79 Å². The summed E-state index contributed by atoms with van der Waals surface area (Å²) in [6, 6.07) is 13.3. The molecule has 6 rings (SSSR count). The highest BCUT2D eigenvalue weighted by Crippen LogP contribution is 2.55. The van der Waals surface area contributed by atoms with E-state index in [1.54, 1.807) is 19.3 Å². The summed E-state index contributed by atoms with van der Waals surface area (Å²) < 4.78 is 33.9. The molecule has 10 heteroatoms. The summed E-state index contributed by atoms with van der Waals surface area (Å²) in [5.74, 6) is 0.609. The van der Waals surface area contributed by atoms with Gasteiger partial charge in [0.15, 0.2) is 23.2 Å². The van der Waals surface area contributed by atoms with Crippen molar-refractivity contribution in [2.45, 2.75) is 55.3 Å². The molecule has 1 spiro atoms. The number of methoxy groups -OCH3 is 2. The molecular weight excluding hydrogens is 554 g/mol. The molecule has 10 nitrogen and oxygen atoms in total. The van der Waals surface area contributed by atoms with E-state index in [4.69, 9.17) is 28.4 Å². The normalized spacial score (nSPS) is 25.1. The van der Waals surface area contributed by atoms with E-state index in [1.165, 1.54) is 7.11 Å². The Kier molecular flexibility index (Phi) is 8.07. The molecule has 0 amide bonds. The third-order valence-corrected chi connectivity index (χ3v) is 8.95. The first-order valence-corrected chi connectivity index (χ1v) is 14.6. The molecular formula is C33H37NO9. The largest absolute Gasteiger partial charge is 0.497 e. The van der Waals surface area contributed by atoms with Gasteiger partial charge in [-0.2, -0.15) is 0 Å². The van der Waals surface area contributed by atoms with Crippen molar-refractivity contribution in [3.8, 4) is 17.2 Å². The number of rotatable bonds is 10. The first-order chi connectivity index (χ1) is 20.9. The first kappa shape index (κ1) is 29.1. The summed E-state index contributed by atoms with van der Waals surface area (Å²) in [6.45, 7) is 2.12. The smallest absolute Gasteiger partial charge is 0.339 e. The maximum absolute atomic E-state index is 13.9. The minimum Gasteiger partial charge on any atom is -0.497 e. The number of benzene rings is 2. The van der Waals surface area contributed by atoms with Crippen molar-refractivity contribution in [1.29, 1.82) is 0 Å². The zero-order valence-corrected chi connectivity index (χ0v) is 24.5. The molecule has 3 aliphatic heterocycles. The molecule has 1 aliphatic carbocycles. The summed E-state index contributed by atoms with van der Waals surface area (Å²) in [5, 5.41) is 11.6. The number of hydrogen-bond donors (Lipinski definition) is 1. The van der Waals surface area contributed by atoms with Gasteiger partial charge in [-0.1, -0.05) is 30.4 Å². The van der Waals surface area contributed by atoms with Gasteiger partial charge in [-0.05, 0) is 67.3 Å². The summed E-state index contributed by atoms with van der Waals surface area (Å²) >= 11 is 0. The Balaban J connectivity index is 1.28. The fourth-order valence-corrected chi connectivity index (χ4v) is 6.87. The lowest BCUT2D eigenvalue weighted by molar-refractivity contribution is -0.177. The van der Waals surface area contributed by atoms with Crippen molar-refractivity contribution in [2.24, 2.45) is 0 Å². The molecule has 228 valence electrons. The first-order valence-electron chi connectivity index (χ1n) is 14.6. The molecule has 2 aromatic carbocycles. The molecule has 0 saturated carbocycles. The summed E-state index contributed by atoms with van der Waals surface area (Å²) in [6.07, 6.45) is 6.48. The number of nitrogens with zero attached hydrogens (tertiary/aromatic N) is 1. The lowest BCUT2D eigenvalue weighted by atomic mass is 9.77. The van der Waals surface area contributed by atoms with Crippen LogP contribution in [0, 0.1) is 0 Å². The lowest BCUT2D eigenvalue weighted by Gasteiger charge is -2.39. The molecule has 1 N–H and O–H groups in total. The van der Waals surface area contributed by atoms with Crippen LogP contribution in [0.15, 0.2) is 66.5 Å². The van der Waals surface area contributed by atoms with Gasteiger partial charge in [0.1, 0.15) is 18.1 Å². The number of hydrogen-bond acceptors (Lipinski definition) is 10. The number of fused-ring (bicyclic) bond motifs is 3. The Hall–Kier alpha value is -4.02. The Morgan fingerprint density at radius 1 is 1.12 bits per heavy atom. The third-order valence-electron chi connectivity index (χ3n) is 8.95. The van der Waals surface area contributed by atoms with Crippen molar-refractivity contribution in [1.82, 2.24) is 4.90 Å². The lowest BCUT2D eigenvalue weighted by Crippen LogP contribution is -2.49. The predicted octanol–water partition coefficient (Wildman–Crippen LogP) is 3.66. The van der Waals surface area contributed by atoms with Gasteiger partial charge in [-0.3, -0.25) is 9.69 Å². The van der Waals surface area contributed by atoms with E-state index < -0.39 is 35.6 Å². The van der Waals surface area contributed by atoms with Crippen LogP contribution in [0.5, 0.6) is 17.2 Å². The van der Waals surface area contributed by atoms with Gasteiger partial charge in [-0.15, -0.1) is 0 Å². The number of carbonyl (C=O) groups excluding carboxylic acids is 2. The van der Waals surface area contributed by atoms with Gasteiger partial charge in [0.05, 0.1) is 32.1 Å². The maximum Gasteiger partial charge on any atom is 0.339 e. The molecule has 2 aromatic rings. The average Bonchev–Trinajstić information content (AvgIpc) is 3.71. The van der Waals surface area contributed by atoms with Crippen LogP contribution in [0.4, 0.5) is 0 Å². The monoisotopic (exact) mass is 591 g/mol. The molecule has 1 saturated heterocycles. The Bertz CT molecular complexity index is 1420. The van der Waals surface area contributed by atoms with Crippen molar-refractivity contribution < 1.29 is 43.1 Å². The Morgan fingerprint density at radius 2 is 1.91 bits per heavy atom. The van der Waals surface area contributed by atoms with Crippen molar-refractivity contribution in [2.75, 3.05) is 40.7 Å². The zero-order chi connectivity index (χ0) is 30.0. The van der Waals surface area contributed by atoms with Gasteiger partial charge in [0, 0.05) is 13.0 Å². The van der Waals surface area contributed by atoms with Gasteiger partial charge < -0.3 is 33.5 Å². The molecule has 43 heavy (non-hydrogen) atoms.